The van der Waals surface area contributed by atoms with Gasteiger partial charge >= 0.3 is 5.97 Å². The van der Waals surface area contributed by atoms with Gasteiger partial charge in [0.25, 0.3) is 0 Å². The van der Waals surface area contributed by atoms with Crippen molar-refractivity contribution in [1.82, 2.24) is 4.31 Å². The number of nitrogens with zero attached hydrogens (tertiary/aromatic N) is 2. The lowest BCUT2D eigenvalue weighted by atomic mass is 10.1. The molecule has 1 heterocycles. The monoisotopic (exact) mass is 428 g/mol. The number of Topliss-reactive ketones (excluding diaryl/α,β-unsaturated/α-hetero) is 1. The number of benzene rings is 2. The molecule has 3 rings (SSSR count). The van der Waals surface area contributed by atoms with Gasteiger partial charge in [-0.1, -0.05) is 0 Å². The van der Waals surface area contributed by atoms with Crippen LogP contribution in [-0.4, -0.2) is 50.8 Å². The highest BCUT2D eigenvalue weighted by atomic mass is 32.2. The summed E-state index contributed by atoms with van der Waals surface area (Å²) in [6.45, 7) is 0.146. The molecule has 1 saturated heterocycles. The molecule has 8 nitrogen and oxygen atoms in total. The van der Waals surface area contributed by atoms with E-state index in [0.29, 0.717) is 24.4 Å². The van der Waals surface area contributed by atoms with Crippen LogP contribution in [0.15, 0.2) is 53.4 Å². The van der Waals surface area contributed by atoms with Crippen LogP contribution in [0.4, 0.5) is 0 Å². The molecule has 2 aromatic rings. The third-order valence-corrected chi connectivity index (χ3v) is 6.50. The summed E-state index contributed by atoms with van der Waals surface area (Å²) in [5.74, 6) is -0.778. The standard InChI is InChI=1S/C21H20N2O6S/c22-13-16-3-7-18(8-4-16)28-15-21(25)29-14-20(24)17-5-9-19(10-6-17)30(26,27)23-11-1-2-12-23/h3-10H,1-2,11-12,14-15H2. The lowest BCUT2D eigenvalue weighted by Gasteiger charge is -2.15. The van der Waals surface area contributed by atoms with Gasteiger partial charge in [0.1, 0.15) is 5.75 Å². The molecule has 0 aromatic heterocycles. The molecule has 9 heteroatoms. The predicted octanol–water partition coefficient (Wildman–Crippen LogP) is 2.15. The van der Waals surface area contributed by atoms with Crippen molar-refractivity contribution in [1.29, 1.82) is 5.26 Å². The highest BCUT2D eigenvalue weighted by molar-refractivity contribution is 7.89. The second-order valence-electron chi connectivity index (χ2n) is 6.64. The van der Waals surface area contributed by atoms with Gasteiger partial charge in [0, 0.05) is 18.7 Å². The Balaban J connectivity index is 1.49. The first-order valence-corrected chi connectivity index (χ1v) is 10.8. The fraction of sp³-hybridized carbons (Fsp3) is 0.286. The first-order valence-electron chi connectivity index (χ1n) is 9.32. The Morgan fingerprint density at radius 3 is 2.20 bits per heavy atom. The summed E-state index contributed by atoms with van der Waals surface area (Å²) in [5, 5.41) is 8.74. The van der Waals surface area contributed by atoms with E-state index >= 15 is 0 Å². The Hall–Kier alpha value is -3.22. The van der Waals surface area contributed by atoms with Crippen LogP contribution >= 0.6 is 0 Å². The zero-order valence-corrected chi connectivity index (χ0v) is 16.9. The number of hydrogen-bond donors (Lipinski definition) is 0. The Kier molecular flexibility index (Phi) is 6.82. The number of carbonyl (C=O) groups is 2. The fourth-order valence-corrected chi connectivity index (χ4v) is 4.45. The summed E-state index contributed by atoms with van der Waals surface area (Å²) in [7, 11) is -3.54. The summed E-state index contributed by atoms with van der Waals surface area (Å²) in [5.41, 5.74) is 0.714. The van der Waals surface area contributed by atoms with Crippen molar-refractivity contribution in [2.75, 3.05) is 26.3 Å². The van der Waals surface area contributed by atoms with Crippen LogP contribution in [0.1, 0.15) is 28.8 Å². The Morgan fingerprint density at radius 2 is 1.60 bits per heavy atom. The van der Waals surface area contributed by atoms with Crippen molar-refractivity contribution in [3.05, 3.63) is 59.7 Å². The average Bonchev–Trinajstić information content (AvgIpc) is 3.32. The van der Waals surface area contributed by atoms with E-state index in [4.69, 9.17) is 14.7 Å². The second kappa shape index (κ2) is 9.52. The number of carbonyl (C=O) groups excluding carboxylic acids is 2. The van der Waals surface area contributed by atoms with Crippen LogP contribution in [0, 0.1) is 11.3 Å². The number of nitriles is 1. The van der Waals surface area contributed by atoms with E-state index in [-0.39, 0.29) is 17.1 Å². The van der Waals surface area contributed by atoms with Crippen LogP contribution in [0.5, 0.6) is 5.75 Å². The third-order valence-electron chi connectivity index (χ3n) is 4.58. The second-order valence-corrected chi connectivity index (χ2v) is 8.58. The highest BCUT2D eigenvalue weighted by Crippen LogP contribution is 2.21. The fourth-order valence-electron chi connectivity index (χ4n) is 2.93. The molecule has 0 radical (unpaired) electrons. The third kappa shape index (κ3) is 5.23. The predicted molar refractivity (Wildman–Crippen MR) is 106 cm³/mol. The Bertz CT molecular complexity index is 1050. The highest BCUT2D eigenvalue weighted by Gasteiger charge is 2.27. The van der Waals surface area contributed by atoms with Crippen molar-refractivity contribution in [2.45, 2.75) is 17.7 Å². The molecular formula is C21H20N2O6S. The van der Waals surface area contributed by atoms with Crippen LogP contribution in [-0.2, 0) is 19.6 Å². The number of sulfonamides is 1. The molecule has 1 aliphatic rings. The smallest absolute Gasteiger partial charge is 0.344 e. The molecule has 0 spiro atoms. The zero-order valence-electron chi connectivity index (χ0n) is 16.1. The average molecular weight is 428 g/mol. The minimum atomic E-state index is -3.54. The van der Waals surface area contributed by atoms with E-state index in [1.54, 1.807) is 24.3 Å². The van der Waals surface area contributed by atoms with Crippen molar-refractivity contribution >= 4 is 21.8 Å². The quantitative estimate of drug-likeness (QED) is 0.467. The lowest BCUT2D eigenvalue weighted by molar-refractivity contribution is -0.144. The zero-order chi connectivity index (χ0) is 21.6. The van der Waals surface area contributed by atoms with Crippen molar-refractivity contribution in [3.63, 3.8) is 0 Å². The van der Waals surface area contributed by atoms with E-state index in [1.165, 1.54) is 28.6 Å². The number of ether oxygens (including phenoxy) is 2. The van der Waals surface area contributed by atoms with Crippen LogP contribution in [0.2, 0.25) is 0 Å². The molecule has 0 aliphatic carbocycles. The molecule has 0 unspecified atom stereocenters. The maximum atomic E-state index is 12.5. The number of hydrogen-bond acceptors (Lipinski definition) is 7. The molecule has 0 bridgehead atoms. The first-order chi connectivity index (χ1) is 14.4. The Labute approximate surface area is 174 Å². The molecule has 0 N–H and O–H groups in total. The van der Waals surface area contributed by atoms with E-state index in [2.05, 4.69) is 0 Å². The first kappa shape index (κ1) is 21.5. The van der Waals surface area contributed by atoms with Gasteiger partial charge in [-0.3, -0.25) is 4.79 Å². The van der Waals surface area contributed by atoms with Gasteiger partial charge in [0.2, 0.25) is 10.0 Å². The number of esters is 1. The van der Waals surface area contributed by atoms with Crippen molar-refractivity contribution in [2.24, 2.45) is 0 Å². The van der Waals surface area contributed by atoms with Crippen LogP contribution < -0.4 is 4.74 Å². The number of rotatable bonds is 8. The summed E-state index contributed by atoms with van der Waals surface area (Å²) < 4.78 is 36.6. The minimum Gasteiger partial charge on any atom is -0.482 e. The van der Waals surface area contributed by atoms with E-state index in [1.807, 2.05) is 6.07 Å². The maximum Gasteiger partial charge on any atom is 0.344 e. The molecule has 2 aromatic carbocycles. The van der Waals surface area contributed by atoms with Crippen molar-refractivity contribution in [3.8, 4) is 11.8 Å². The Morgan fingerprint density at radius 1 is 0.967 bits per heavy atom. The largest absolute Gasteiger partial charge is 0.482 e. The minimum absolute atomic E-state index is 0.133. The molecule has 1 fully saturated rings. The lowest BCUT2D eigenvalue weighted by Crippen LogP contribution is -2.27. The van der Waals surface area contributed by atoms with Gasteiger partial charge in [0.05, 0.1) is 16.5 Å². The van der Waals surface area contributed by atoms with E-state index in [0.717, 1.165) is 12.8 Å². The topological polar surface area (TPSA) is 114 Å². The van der Waals surface area contributed by atoms with Gasteiger partial charge < -0.3 is 9.47 Å². The van der Waals surface area contributed by atoms with Gasteiger partial charge in [-0.25, -0.2) is 13.2 Å². The van der Waals surface area contributed by atoms with E-state index in [9.17, 15) is 18.0 Å². The molecule has 156 valence electrons. The van der Waals surface area contributed by atoms with E-state index < -0.39 is 28.4 Å². The molecule has 30 heavy (non-hydrogen) atoms. The molecular weight excluding hydrogens is 408 g/mol. The number of ketones is 1. The summed E-state index contributed by atoms with van der Waals surface area (Å²) >= 11 is 0. The van der Waals surface area contributed by atoms with Gasteiger partial charge in [0.15, 0.2) is 19.0 Å². The maximum absolute atomic E-state index is 12.5. The molecule has 1 aliphatic heterocycles. The summed E-state index contributed by atoms with van der Waals surface area (Å²) in [6, 6.07) is 13.8. The summed E-state index contributed by atoms with van der Waals surface area (Å²) in [4.78, 5) is 24.1. The molecule has 0 atom stereocenters. The van der Waals surface area contributed by atoms with Crippen molar-refractivity contribution < 1.29 is 27.5 Å². The van der Waals surface area contributed by atoms with Gasteiger partial charge in [-0.2, -0.15) is 9.57 Å². The van der Waals surface area contributed by atoms with Gasteiger partial charge in [-0.05, 0) is 61.4 Å². The summed E-state index contributed by atoms with van der Waals surface area (Å²) in [6.07, 6.45) is 1.69. The van der Waals surface area contributed by atoms with Gasteiger partial charge in [-0.15, -0.1) is 0 Å². The van der Waals surface area contributed by atoms with Crippen LogP contribution in [0.3, 0.4) is 0 Å². The SMILES string of the molecule is N#Cc1ccc(OCC(=O)OCC(=O)c2ccc(S(=O)(=O)N3CCCC3)cc2)cc1. The molecule has 0 amide bonds. The molecule has 0 saturated carbocycles. The normalized spacial score (nSPS) is 14.1. The van der Waals surface area contributed by atoms with Crippen LogP contribution in [0.25, 0.3) is 0 Å².